The number of benzene rings is 2. The number of hydrogen-bond donors (Lipinski definition) is 0. The summed E-state index contributed by atoms with van der Waals surface area (Å²) in [5.41, 5.74) is 1.84. The van der Waals surface area contributed by atoms with Gasteiger partial charge >= 0.3 is 18.1 Å². The lowest BCUT2D eigenvalue weighted by atomic mass is 9.91. The molecule has 0 fully saturated rings. The highest BCUT2D eigenvalue weighted by Crippen LogP contribution is 2.34. The summed E-state index contributed by atoms with van der Waals surface area (Å²) in [5, 5.41) is 0. The molecule has 2 aromatic rings. The van der Waals surface area contributed by atoms with Crippen molar-refractivity contribution in [1.29, 1.82) is 0 Å². The van der Waals surface area contributed by atoms with E-state index in [0.29, 0.717) is 16.7 Å². The molecule has 0 aromatic heterocycles. The number of alkyl halides is 3. The second-order valence-corrected chi connectivity index (χ2v) is 6.48. The Balaban J connectivity index is 2.68. The van der Waals surface area contributed by atoms with Gasteiger partial charge in [-0.25, -0.2) is 0 Å². The van der Waals surface area contributed by atoms with Crippen molar-refractivity contribution in [1.82, 2.24) is 0 Å². The molecule has 0 aliphatic rings. The van der Waals surface area contributed by atoms with E-state index in [0.717, 1.165) is 17.7 Å². The van der Waals surface area contributed by atoms with Crippen molar-refractivity contribution < 1.29 is 32.2 Å². The molecule has 0 N–H and O–H groups in total. The van der Waals surface area contributed by atoms with Crippen LogP contribution in [0.25, 0.3) is 5.57 Å². The average molecular weight is 406 g/mol. The zero-order chi connectivity index (χ0) is 21.6. The Bertz CT molecular complexity index is 892. The van der Waals surface area contributed by atoms with Crippen molar-refractivity contribution in [2.45, 2.75) is 26.9 Å². The number of halogens is 3. The van der Waals surface area contributed by atoms with Gasteiger partial charge in [0, 0.05) is 19.4 Å². The van der Waals surface area contributed by atoms with Crippen LogP contribution in [0.1, 0.15) is 36.1 Å². The predicted octanol–water partition coefficient (Wildman–Crippen LogP) is 4.94. The summed E-state index contributed by atoms with van der Waals surface area (Å²) in [6.45, 7) is 3.89. The van der Waals surface area contributed by atoms with Gasteiger partial charge < -0.3 is 9.47 Å². The van der Waals surface area contributed by atoms with E-state index in [1.165, 1.54) is 26.0 Å². The number of carbonyl (C=O) groups is 2. The van der Waals surface area contributed by atoms with Gasteiger partial charge in [-0.15, -0.1) is 0 Å². The molecule has 0 amide bonds. The third-order valence-electron chi connectivity index (χ3n) is 4.07. The number of esters is 2. The number of ether oxygens (including phenoxy) is 2. The fourth-order valence-electron chi connectivity index (χ4n) is 2.71. The standard InChI is InChI=1S/C22H21F3O4/c1-14-7-9-17(10-8-14)21(18-5-4-6-20(11-18)22(23,24)25)19(12-28-15(2)26)13-29-16(3)27/h4-11H,12-13H2,1-3H3. The molecule has 2 aromatic carbocycles. The van der Waals surface area contributed by atoms with E-state index in [4.69, 9.17) is 9.47 Å². The first-order chi connectivity index (χ1) is 13.6. The molecule has 4 nitrogen and oxygen atoms in total. The van der Waals surface area contributed by atoms with Gasteiger partial charge in [-0.1, -0.05) is 42.0 Å². The molecular formula is C22H21F3O4. The Morgan fingerprint density at radius 3 is 1.90 bits per heavy atom. The molecule has 7 heteroatoms. The van der Waals surface area contributed by atoms with Crippen LogP contribution in [-0.2, 0) is 25.2 Å². The first-order valence-corrected chi connectivity index (χ1v) is 8.81. The van der Waals surface area contributed by atoms with E-state index < -0.39 is 23.7 Å². The van der Waals surface area contributed by atoms with Crippen molar-refractivity contribution in [2.75, 3.05) is 13.2 Å². The van der Waals surface area contributed by atoms with Crippen LogP contribution in [0.2, 0.25) is 0 Å². The van der Waals surface area contributed by atoms with Gasteiger partial charge in [0.05, 0.1) is 5.56 Å². The second-order valence-electron chi connectivity index (χ2n) is 6.48. The molecule has 0 aliphatic heterocycles. The minimum Gasteiger partial charge on any atom is -0.461 e. The largest absolute Gasteiger partial charge is 0.461 e. The molecular weight excluding hydrogens is 385 g/mol. The minimum atomic E-state index is -4.51. The molecule has 0 aliphatic carbocycles. The van der Waals surface area contributed by atoms with Crippen LogP contribution < -0.4 is 0 Å². The molecule has 0 saturated carbocycles. The zero-order valence-electron chi connectivity index (χ0n) is 16.3. The van der Waals surface area contributed by atoms with Gasteiger partial charge in [0.2, 0.25) is 0 Å². The van der Waals surface area contributed by atoms with Crippen LogP contribution in [0.15, 0.2) is 54.1 Å². The summed E-state index contributed by atoms with van der Waals surface area (Å²) in [5.74, 6) is -1.12. The normalized spacial score (nSPS) is 11.0. The van der Waals surface area contributed by atoms with Crippen molar-refractivity contribution >= 4 is 17.5 Å². The molecule has 154 valence electrons. The van der Waals surface area contributed by atoms with Crippen LogP contribution in [0.4, 0.5) is 13.2 Å². The van der Waals surface area contributed by atoms with E-state index in [2.05, 4.69) is 0 Å². The summed E-state index contributed by atoms with van der Waals surface area (Å²) in [4.78, 5) is 22.6. The highest BCUT2D eigenvalue weighted by atomic mass is 19.4. The molecule has 0 spiro atoms. The topological polar surface area (TPSA) is 52.6 Å². The number of aryl methyl sites for hydroxylation is 1. The van der Waals surface area contributed by atoms with Crippen LogP contribution in [0, 0.1) is 6.92 Å². The Morgan fingerprint density at radius 2 is 1.41 bits per heavy atom. The first-order valence-electron chi connectivity index (χ1n) is 8.81. The lowest BCUT2D eigenvalue weighted by molar-refractivity contribution is -0.141. The van der Waals surface area contributed by atoms with E-state index in [9.17, 15) is 22.8 Å². The number of rotatable bonds is 6. The van der Waals surface area contributed by atoms with Gasteiger partial charge in [-0.3, -0.25) is 9.59 Å². The second kappa shape index (κ2) is 9.41. The van der Waals surface area contributed by atoms with Crippen molar-refractivity contribution in [3.8, 4) is 0 Å². The molecule has 2 rings (SSSR count). The van der Waals surface area contributed by atoms with Gasteiger partial charge in [-0.05, 0) is 35.8 Å². The smallest absolute Gasteiger partial charge is 0.416 e. The molecule has 0 unspecified atom stereocenters. The lowest BCUT2D eigenvalue weighted by Crippen LogP contribution is -2.13. The quantitative estimate of drug-likeness (QED) is 0.638. The Morgan fingerprint density at radius 1 is 0.862 bits per heavy atom. The van der Waals surface area contributed by atoms with Crippen molar-refractivity contribution in [3.05, 3.63) is 76.4 Å². The van der Waals surface area contributed by atoms with E-state index in [-0.39, 0.29) is 18.8 Å². The molecule has 29 heavy (non-hydrogen) atoms. The van der Waals surface area contributed by atoms with Crippen molar-refractivity contribution in [3.63, 3.8) is 0 Å². The Hall–Kier alpha value is -3.09. The van der Waals surface area contributed by atoms with E-state index in [1.807, 2.05) is 19.1 Å². The zero-order valence-corrected chi connectivity index (χ0v) is 16.3. The minimum absolute atomic E-state index is 0.220. The maximum Gasteiger partial charge on any atom is 0.416 e. The lowest BCUT2D eigenvalue weighted by Gasteiger charge is -2.18. The maximum atomic E-state index is 13.2. The van der Waals surface area contributed by atoms with Gasteiger partial charge in [0.1, 0.15) is 13.2 Å². The summed E-state index contributed by atoms with van der Waals surface area (Å²) in [7, 11) is 0. The van der Waals surface area contributed by atoms with Crippen LogP contribution in [0.5, 0.6) is 0 Å². The third kappa shape index (κ3) is 6.48. The van der Waals surface area contributed by atoms with Gasteiger partial charge in [0.25, 0.3) is 0 Å². The molecule has 0 heterocycles. The number of hydrogen-bond acceptors (Lipinski definition) is 4. The fraction of sp³-hybridized carbons (Fsp3) is 0.273. The highest BCUT2D eigenvalue weighted by Gasteiger charge is 2.31. The first kappa shape index (κ1) is 22.2. The Labute approximate surface area is 166 Å². The molecule has 0 bridgehead atoms. The summed E-state index contributed by atoms with van der Waals surface area (Å²) in [6.07, 6.45) is -4.51. The SMILES string of the molecule is CC(=O)OCC(COC(C)=O)=C(c1ccc(C)cc1)c1cccc(C(F)(F)F)c1. The maximum absolute atomic E-state index is 13.2. The van der Waals surface area contributed by atoms with Gasteiger partial charge in [-0.2, -0.15) is 13.2 Å². The molecule has 0 saturated heterocycles. The van der Waals surface area contributed by atoms with E-state index >= 15 is 0 Å². The summed E-state index contributed by atoms with van der Waals surface area (Å²) in [6, 6.07) is 12.0. The van der Waals surface area contributed by atoms with Crippen LogP contribution >= 0.6 is 0 Å². The molecule has 0 radical (unpaired) electrons. The molecule has 0 atom stereocenters. The van der Waals surface area contributed by atoms with Gasteiger partial charge in [0.15, 0.2) is 0 Å². The third-order valence-corrected chi connectivity index (χ3v) is 4.07. The summed E-state index contributed by atoms with van der Waals surface area (Å²) >= 11 is 0. The fourth-order valence-corrected chi connectivity index (χ4v) is 2.71. The summed E-state index contributed by atoms with van der Waals surface area (Å²) < 4.78 is 49.9. The average Bonchev–Trinajstić information content (AvgIpc) is 2.64. The highest BCUT2D eigenvalue weighted by molar-refractivity contribution is 5.83. The van der Waals surface area contributed by atoms with Crippen LogP contribution in [-0.4, -0.2) is 25.2 Å². The monoisotopic (exact) mass is 406 g/mol. The van der Waals surface area contributed by atoms with E-state index in [1.54, 1.807) is 12.1 Å². The Kier molecular flexibility index (Phi) is 7.20. The number of carbonyl (C=O) groups excluding carboxylic acids is 2. The van der Waals surface area contributed by atoms with Crippen LogP contribution in [0.3, 0.4) is 0 Å². The van der Waals surface area contributed by atoms with Crippen molar-refractivity contribution in [2.24, 2.45) is 0 Å². The predicted molar refractivity (Wildman–Crippen MR) is 102 cm³/mol.